The van der Waals surface area contributed by atoms with E-state index in [0.717, 1.165) is 16.6 Å². The lowest BCUT2D eigenvalue weighted by Crippen LogP contribution is -2.11. The Morgan fingerprint density at radius 3 is 2.60 bits per heavy atom. The first kappa shape index (κ1) is 17.4. The number of rotatable bonds is 5. The lowest BCUT2D eigenvalue weighted by molar-refractivity contribution is -0.116. The topological polar surface area (TPSA) is 71.1 Å². The van der Waals surface area contributed by atoms with Gasteiger partial charge in [-0.25, -0.2) is 4.98 Å². The SMILES string of the molecule is CCCC(=O)Nc1nc2cc(NC(=O)c3ccc(Cl)cc3)ccc2s1. The third-order valence-electron chi connectivity index (χ3n) is 3.48. The van der Waals surface area contributed by atoms with Crippen molar-refractivity contribution in [3.8, 4) is 0 Å². The van der Waals surface area contributed by atoms with Gasteiger partial charge < -0.3 is 10.6 Å². The van der Waals surface area contributed by atoms with Gasteiger partial charge in [0.25, 0.3) is 5.91 Å². The van der Waals surface area contributed by atoms with Crippen LogP contribution >= 0.6 is 22.9 Å². The summed E-state index contributed by atoms with van der Waals surface area (Å²) in [7, 11) is 0. The molecule has 0 saturated heterocycles. The van der Waals surface area contributed by atoms with Crippen LogP contribution in [0.25, 0.3) is 10.2 Å². The van der Waals surface area contributed by atoms with Crippen molar-refractivity contribution in [2.45, 2.75) is 19.8 Å². The Hall–Kier alpha value is -2.44. The molecule has 2 aromatic carbocycles. The van der Waals surface area contributed by atoms with E-state index >= 15 is 0 Å². The molecule has 1 aromatic heterocycles. The van der Waals surface area contributed by atoms with Gasteiger partial charge in [0.15, 0.2) is 5.13 Å². The van der Waals surface area contributed by atoms with Crippen LogP contribution in [-0.4, -0.2) is 16.8 Å². The molecular formula is C18H16ClN3O2S. The second-order valence-electron chi connectivity index (χ2n) is 5.46. The number of thiazole rings is 1. The Morgan fingerprint density at radius 1 is 1.12 bits per heavy atom. The van der Waals surface area contributed by atoms with Crippen molar-refractivity contribution in [1.82, 2.24) is 4.98 Å². The van der Waals surface area contributed by atoms with E-state index in [2.05, 4.69) is 15.6 Å². The Bertz CT molecular complexity index is 922. The van der Waals surface area contributed by atoms with Crippen molar-refractivity contribution in [2.24, 2.45) is 0 Å². The van der Waals surface area contributed by atoms with Gasteiger partial charge in [-0.2, -0.15) is 0 Å². The summed E-state index contributed by atoms with van der Waals surface area (Å²) in [5, 5.41) is 6.77. The zero-order valence-corrected chi connectivity index (χ0v) is 15.1. The fraction of sp³-hybridized carbons (Fsp3) is 0.167. The van der Waals surface area contributed by atoms with Crippen molar-refractivity contribution in [3.63, 3.8) is 0 Å². The average molecular weight is 374 g/mol. The lowest BCUT2D eigenvalue weighted by atomic mass is 10.2. The number of amides is 2. The Kier molecular flexibility index (Phi) is 5.31. The number of carbonyl (C=O) groups is 2. The molecule has 1 heterocycles. The zero-order valence-electron chi connectivity index (χ0n) is 13.5. The zero-order chi connectivity index (χ0) is 17.8. The fourth-order valence-corrected chi connectivity index (χ4v) is 3.26. The maximum absolute atomic E-state index is 12.3. The molecule has 128 valence electrons. The Morgan fingerprint density at radius 2 is 1.88 bits per heavy atom. The van der Waals surface area contributed by atoms with Crippen LogP contribution in [-0.2, 0) is 4.79 Å². The van der Waals surface area contributed by atoms with Gasteiger partial charge in [-0.1, -0.05) is 29.9 Å². The third-order valence-corrected chi connectivity index (χ3v) is 4.68. The molecule has 2 amide bonds. The van der Waals surface area contributed by atoms with Crippen LogP contribution in [0, 0.1) is 0 Å². The summed E-state index contributed by atoms with van der Waals surface area (Å²) in [6.07, 6.45) is 1.26. The predicted octanol–water partition coefficient (Wildman–Crippen LogP) is 4.94. The van der Waals surface area contributed by atoms with Crippen molar-refractivity contribution < 1.29 is 9.59 Å². The van der Waals surface area contributed by atoms with E-state index in [-0.39, 0.29) is 11.8 Å². The van der Waals surface area contributed by atoms with Gasteiger partial charge in [0.1, 0.15) is 0 Å². The Balaban J connectivity index is 1.75. The maximum atomic E-state index is 12.3. The maximum Gasteiger partial charge on any atom is 0.255 e. The minimum atomic E-state index is -0.220. The van der Waals surface area contributed by atoms with E-state index in [1.54, 1.807) is 30.3 Å². The van der Waals surface area contributed by atoms with Crippen molar-refractivity contribution >= 4 is 55.8 Å². The molecule has 0 saturated carbocycles. The molecule has 3 aromatic rings. The molecule has 3 rings (SSSR count). The first-order valence-electron chi connectivity index (χ1n) is 7.82. The summed E-state index contributed by atoms with van der Waals surface area (Å²) in [6, 6.07) is 12.2. The first-order chi connectivity index (χ1) is 12.0. The number of nitrogens with one attached hydrogen (secondary N) is 2. The number of hydrogen-bond acceptors (Lipinski definition) is 4. The standard InChI is InChI=1S/C18H16ClN3O2S/c1-2-3-16(23)22-18-21-14-10-13(8-9-15(14)25-18)20-17(24)11-4-6-12(19)7-5-11/h4-10H,2-3H2,1H3,(H,20,24)(H,21,22,23). The van der Waals surface area contributed by atoms with Gasteiger partial charge in [0, 0.05) is 22.7 Å². The molecule has 0 aliphatic carbocycles. The van der Waals surface area contributed by atoms with Crippen LogP contribution in [0.15, 0.2) is 42.5 Å². The number of benzene rings is 2. The largest absolute Gasteiger partial charge is 0.322 e. The Labute approximate surface area is 154 Å². The van der Waals surface area contributed by atoms with E-state index in [4.69, 9.17) is 11.6 Å². The predicted molar refractivity (Wildman–Crippen MR) is 103 cm³/mol. The molecule has 0 aliphatic heterocycles. The molecule has 2 N–H and O–H groups in total. The number of nitrogens with zero attached hydrogens (tertiary/aromatic N) is 1. The third kappa shape index (κ3) is 4.35. The second kappa shape index (κ2) is 7.63. The van der Waals surface area contributed by atoms with Crippen molar-refractivity contribution in [3.05, 3.63) is 53.1 Å². The molecule has 0 spiro atoms. The summed E-state index contributed by atoms with van der Waals surface area (Å²) < 4.78 is 0.941. The van der Waals surface area contributed by atoms with Gasteiger partial charge in [-0.15, -0.1) is 0 Å². The molecule has 7 heteroatoms. The van der Waals surface area contributed by atoms with Gasteiger partial charge in [0.2, 0.25) is 5.91 Å². The van der Waals surface area contributed by atoms with Crippen LogP contribution in [0.4, 0.5) is 10.8 Å². The van der Waals surface area contributed by atoms with Gasteiger partial charge in [-0.05, 0) is 48.9 Å². The number of hydrogen-bond donors (Lipinski definition) is 2. The average Bonchev–Trinajstić information content (AvgIpc) is 2.97. The highest BCUT2D eigenvalue weighted by atomic mass is 35.5. The smallest absolute Gasteiger partial charge is 0.255 e. The minimum Gasteiger partial charge on any atom is -0.322 e. The van der Waals surface area contributed by atoms with Crippen molar-refractivity contribution in [2.75, 3.05) is 10.6 Å². The summed E-state index contributed by atoms with van der Waals surface area (Å²) in [4.78, 5) is 28.3. The molecule has 0 atom stereocenters. The molecule has 0 radical (unpaired) electrons. The fourth-order valence-electron chi connectivity index (χ4n) is 2.27. The van der Waals surface area contributed by atoms with E-state index in [0.29, 0.717) is 27.8 Å². The molecular weight excluding hydrogens is 358 g/mol. The minimum absolute atomic E-state index is 0.0437. The molecule has 5 nitrogen and oxygen atoms in total. The quantitative estimate of drug-likeness (QED) is 0.665. The van der Waals surface area contributed by atoms with Gasteiger partial charge in [0.05, 0.1) is 10.2 Å². The van der Waals surface area contributed by atoms with E-state index in [9.17, 15) is 9.59 Å². The molecule has 0 bridgehead atoms. The van der Waals surface area contributed by atoms with Crippen molar-refractivity contribution in [1.29, 1.82) is 0 Å². The van der Waals surface area contributed by atoms with Crippen LogP contribution < -0.4 is 10.6 Å². The lowest BCUT2D eigenvalue weighted by Gasteiger charge is -2.05. The summed E-state index contributed by atoms with van der Waals surface area (Å²) >= 11 is 7.24. The van der Waals surface area contributed by atoms with Gasteiger partial charge >= 0.3 is 0 Å². The van der Waals surface area contributed by atoms with Crippen LogP contribution in [0.5, 0.6) is 0 Å². The molecule has 0 aliphatic rings. The van der Waals surface area contributed by atoms with E-state index in [1.807, 2.05) is 19.1 Å². The number of aromatic nitrogens is 1. The number of anilines is 2. The molecule has 25 heavy (non-hydrogen) atoms. The summed E-state index contributed by atoms with van der Waals surface area (Å²) in [5.41, 5.74) is 1.89. The van der Waals surface area contributed by atoms with Crippen LogP contribution in [0.3, 0.4) is 0 Å². The number of halogens is 1. The number of fused-ring (bicyclic) bond motifs is 1. The highest BCUT2D eigenvalue weighted by Crippen LogP contribution is 2.28. The highest BCUT2D eigenvalue weighted by molar-refractivity contribution is 7.22. The second-order valence-corrected chi connectivity index (χ2v) is 6.93. The molecule has 0 fully saturated rings. The number of carbonyl (C=O) groups excluding carboxylic acids is 2. The van der Waals surface area contributed by atoms with E-state index < -0.39 is 0 Å². The normalized spacial score (nSPS) is 10.6. The first-order valence-corrected chi connectivity index (χ1v) is 9.02. The monoisotopic (exact) mass is 373 g/mol. The van der Waals surface area contributed by atoms with Crippen LogP contribution in [0.1, 0.15) is 30.1 Å². The van der Waals surface area contributed by atoms with Gasteiger partial charge in [-0.3, -0.25) is 9.59 Å². The van der Waals surface area contributed by atoms with Crippen LogP contribution in [0.2, 0.25) is 5.02 Å². The highest BCUT2D eigenvalue weighted by Gasteiger charge is 2.10. The molecule has 0 unspecified atom stereocenters. The summed E-state index contributed by atoms with van der Waals surface area (Å²) in [5.74, 6) is -0.263. The summed E-state index contributed by atoms with van der Waals surface area (Å²) in [6.45, 7) is 1.95. The van der Waals surface area contributed by atoms with E-state index in [1.165, 1.54) is 11.3 Å².